The number of hydrogen-bond acceptors (Lipinski definition) is 5. The van der Waals surface area contributed by atoms with E-state index in [-0.39, 0.29) is 18.4 Å². The summed E-state index contributed by atoms with van der Waals surface area (Å²) >= 11 is 18.7. The first kappa shape index (κ1) is 24.5. The number of halogens is 3. The van der Waals surface area contributed by atoms with Crippen LogP contribution in [0.3, 0.4) is 0 Å². The number of nitrogens with zero attached hydrogens (tertiary/aromatic N) is 5. The van der Waals surface area contributed by atoms with Crippen LogP contribution in [-0.2, 0) is 11.3 Å². The largest absolute Gasteiger partial charge is 0.332 e. The molecule has 36 heavy (non-hydrogen) atoms. The van der Waals surface area contributed by atoms with Crippen LogP contribution in [0.4, 0.5) is 10.5 Å². The van der Waals surface area contributed by atoms with Gasteiger partial charge in [0.05, 0.1) is 17.3 Å². The van der Waals surface area contributed by atoms with Crippen LogP contribution in [0.1, 0.15) is 22.6 Å². The van der Waals surface area contributed by atoms with E-state index < -0.39 is 11.6 Å². The second-order valence-corrected chi connectivity index (χ2v) is 10.2. The summed E-state index contributed by atoms with van der Waals surface area (Å²) < 4.78 is 0. The maximum absolute atomic E-state index is 14.2. The third-order valence-corrected chi connectivity index (χ3v) is 7.69. The number of aromatic nitrogens is 1. The first-order valence-electron chi connectivity index (χ1n) is 11.1. The van der Waals surface area contributed by atoms with Crippen LogP contribution in [0.2, 0.25) is 15.2 Å². The van der Waals surface area contributed by atoms with Crippen molar-refractivity contribution in [2.24, 2.45) is 0 Å². The highest BCUT2D eigenvalue weighted by Gasteiger charge is 2.64. The Morgan fingerprint density at radius 2 is 1.78 bits per heavy atom. The predicted octanol–water partition coefficient (Wildman–Crippen LogP) is 5.35. The van der Waals surface area contributed by atoms with Gasteiger partial charge in [0, 0.05) is 54.4 Å². The van der Waals surface area contributed by atoms with E-state index in [4.69, 9.17) is 34.8 Å². The van der Waals surface area contributed by atoms with Crippen molar-refractivity contribution >= 4 is 52.4 Å². The molecule has 0 bridgehead atoms. The maximum atomic E-state index is 14.2. The van der Waals surface area contributed by atoms with Crippen LogP contribution in [0, 0.1) is 11.3 Å². The fourth-order valence-electron chi connectivity index (χ4n) is 5.19. The summed E-state index contributed by atoms with van der Waals surface area (Å²) in [4.78, 5) is 36.7. The van der Waals surface area contributed by atoms with Crippen molar-refractivity contribution in [1.29, 1.82) is 5.26 Å². The second kappa shape index (κ2) is 9.38. The summed E-state index contributed by atoms with van der Waals surface area (Å²) in [5, 5.41) is 10.3. The molecule has 1 aromatic heterocycles. The van der Waals surface area contributed by atoms with Crippen LogP contribution in [0.25, 0.3) is 0 Å². The minimum atomic E-state index is -1.19. The Hall–Kier alpha value is -3.15. The number of benzene rings is 2. The molecule has 2 unspecified atom stereocenters. The smallest absolute Gasteiger partial charge is 0.310 e. The standard InChI is InChI=1S/C26H20Cl3N5O2/c1-32-25(36)34(21-10-19(27)9-20(28)11-21)24(35)26(32)15-33(13-18-3-2-8-31-23(18)29)14-22(26)17-6-4-16(12-30)5-7-17/h2-11,22H,13-15H2,1H3. The number of rotatable bonds is 4. The van der Waals surface area contributed by atoms with E-state index in [2.05, 4.69) is 16.0 Å². The van der Waals surface area contributed by atoms with E-state index in [9.17, 15) is 14.9 Å². The molecule has 0 radical (unpaired) electrons. The molecule has 3 amide bonds. The van der Waals surface area contributed by atoms with Gasteiger partial charge in [0.2, 0.25) is 0 Å². The molecule has 2 aliphatic rings. The number of hydrogen-bond donors (Lipinski definition) is 0. The normalized spacial score (nSPS) is 22.0. The van der Waals surface area contributed by atoms with Crippen LogP contribution >= 0.6 is 34.8 Å². The molecule has 2 atom stereocenters. The van der Waals surface area contributed by atoms with E-state index in [1.807, 2.05) is 24.3 Å². The van der Waals surface area contributed by atoms with Crippen LogP contribution < -0.4 is 4.90 Å². The van der Waals surface area contributed by atoms with Gasteiger partial charge in [-0.25, -0.2) is 14.7 Å². The Balaban J connectivity index is 1.59. The topological polar surface area (TPSA) is 80.5 Å². The minimum Gasteiger partial charge on any atom is -0.310 e. The Kier molecular flexibility index (Phi) is 6.39. The van der Waals surface area contributed by atoms with Crippen molar-refractivity contribution in [3.05, 3.63) is 92.7 Å². The summed E-state index contributed by atoms with van der Waals surface area (Å²) in [6.07, 6.45) is 1.62. The molecule has 0 aliphatic carbocycles. The van der Waals surface area contributed by atoms with Crippen molar-refractivity contribution in [2.45, 2.75) is 18.0 Å². The SMILES string of the molecule is CN1C(=O)N(c2cc(Cl)cc(Cl)c2)C(=O)C12CN(Cc1cccnc1Cl)CC2c1ccc(C#N)cc1. The molecule has 2 aromatic carbocycles. The highest BCUT2D eigenvalue weighted by atomic mass is 35.5. The molecule has 2 fully saturated rings. The molecule has 1 spiro atoms. The molecule has 7 nitrogen and oxygen atoms in total. The summed E-state index contributed by atoms with van der Waals surface area (Å²) in [5.74, 6) is -0.718. The van der Waals surface area contributed by atoms with Gasteiger partial charge in [-0.15, -0.1) is 0 Å². The molecule has 5 rings (SSSR count). The Bertz CT molecular complexity index is 1390. The van der Waals surface area contributed by atoms with Gasteiger partial charge in [0.15, 0.2) is 0 Å². The molecule has 10 heteroatoms. The number of carbonyl (C=O) groups excluding carboxylic acids is 2. The summed E-state index contributed by atoms with van der Waals surface area (Å²) in [6.45, 7) is 1.24. The molecular weight excluding hydrogens is 521 g/mol. The van der Waals surface area contributed by atoms with Crippen molar-refractivity contribution in [2.75, 3.05) is 25.0 Å². The minimum absolute atomic E-state index is 0.286. The lowest BCUT2D eigenvalue weighted by molar-refractivity contribution is -0.124. The van der Waals surface area contributed by atoms with Crippen LogP contribution in [0.15, 0.2) is 60.8 Å². The Morgan fingerprint density at radius 3 is 2.42 bits per heavy atom. The van der Waals surface area contributed by atoms with Gasteiger partial charge in [-0.2, -0.15) is 5.26 Å². The van der Waals surface area contributed by atoms with E-state index in [0.29, 0.717) is 39.5 Å². The van der Waals surface area contributed by atoms with Gasteiger partial charge < -0.3 is 4.90 Å². The average Bonchev–Trinajstić information content (AvgIpc) is 3.32. The molecule has 2 aliphatic heterocycles. The third-order valence-electron chi connectivity index (χ3n) is 6.91. The summed E-state index contributed by atoms with van der Waals surface area (Å²) in [6, 6.07) is 17.1. The molecule has 182 valence electrons. The number of urea groups is 1. The average molecular weight is 541 g/mol. The van der Waals surface area contributed by atoms with E-state index in [1.165, 1.54) is 4.90 Å². The maximum Gasteiger partial charge on any atom is 0.332 e. The lowest BCUT2D eigenvalue weighted by atomic mass is 9.80. The van der Waals surface area contributed by atoms with Gasteiger partial charge in [0.1, 0.15) is 10.7 Å². The zero-order valence-corrected chi connectivity index (χ0v) is 21.4. The highest BCUT2D eigenvalue weighted by Crippen LogP contribution is 2.47. The Labute approximate surface area is 223 Å². The zero-order valence-electron chi connectivity index (χ0n) is 19.2. The number of likely N-dealkylation sites (N-methyl/N-ethyl adjacent to an activating group) is 1. The predicted molar refractivity (Wildman–Crippen MR) is 138 cm³/mol. The van der Waals surface area contributed by atoms with E-state index >= 15 is 0 Å². The van der Waals surface area contributed by atoms with Gasteiger partial charge in [-0.1, -0.05) is 53.0 Å². The van der Waals surface area contributed by atoms with Crippen LogP contribution in [-0.4, -0.2) is 52.4 Å². The zero-order chi connectivity index (χ0) is 25.6. The first-order valence-corrected chi connectivity index (χ1v) is 12.3. The van der Waals surface area contributed by atoms with Crippen molar-refractivity contribution < 1.29 is 9.59 Å². The van der Waals surface area contributed by atoms with Gasteiger partial charge in [-0.3, -0.25) is 9.69 Å². The molecular formula is C26H20Cl3N5O2. The molecule has 2 saturated heterocycles. The Morgan fingerprint density at radius 1 is 1.08 bits per heavy atom. The number of pyridine rings is 1. The first-order chi connectivity index (χ1) is 17.2. The van der Waals surface area contributed by atoms with Crippen molar-refractivity contribution in [1.82, 2.24) is 14.8 Å². The second-order valence-electron chi connectivity index (χ2n) is 8.94. The van der Waals surface area contributed by atoms with Gasteiger partial charge >= 0.3 is 6.03 Å². The fourth-order valence-corrected chi connectivity index (χ4v) is 5.89. The van der Waals surface area contributed by atoms with Crippen molar-refractivity contribution in [3.63, 3.8) is 0 Å². The van der Waals surface area contributed by atoms with E-state index in [1.54, 1.807) is 43.6 Å². The monoisotopic (exact) mass is 539 g/mol. The van der Waals surface area contributed by atoms with Crippen molar-refractivity contribution in [3.8, 4) is 6.07 Å². The fraction of sp³-hybridized carbons (Fsp3) is 0.231. The van der Waals surface area contributed by atoms with Crippen LogP contribution in [0.5, 0.6) is 0 Å². The number of nitriles is 1. The molecule has 3 aromatic rings. The van der Waals surface area contributed by atoms with Gasteiger partial charge in [0.25, 0.3) is 5.91 Å². The summed E-state index contributed by atoms with van der Waals surface area (Å²) in [5.41, 5.74) is 1.33. The lowest BCUT2D eigenvalue weighted by Crippen LogP contribution is -2.53. The molecule has 3 heterocycles. The number of amides is 3. The lowest BCUT2D eigenvalue weighted by Gasteiger charge is -2.34. The van der Waals surface area contributed by atoms with E-state index in [0.717, 1.165) is 16.0 Å². The third kappa shape index (κ3) is 4.00. The number of carbonyl (C=O) groups is 2. The number of likely N-dealkylation sites (tertiary alicyclic amines) is 1. The highest BCUT2D eigenvalue weighted by molar-refractivity contribution is 6.36. The quantitative estimate of drug-likeness (QED) is 0.329. The molecule has 0 saturated carbocycles. The number of imide groups is 1. The van der Waals surface area contributed by atoms with Gasteiger partial charge in [-0.05, 0) is 42.0 Å². The molecule has 0 N–H and O–H groups in total. The summed E-state index contributed by atoms with van der Waals surface area (Å²) in [7, 11) is 1.64. The number of anilines is 1.